The predicted octanol–water partition coefficient (Wildman–Crippen LogP) is 2.83. The molecule has 0 heterocycles. The lowest BCUT2D eigenvalue weighted by molar-refractivity contribution is -0.0495. The van der Waals surface area contributed by atoms with Crippen LogP contribution >= 0.6 is 0 Å². The summed E-state index contributed by atoms with van der Waals surface area (Å²) in [7, 11) is 0. The number of hydrogen-bond donors (Lipinski definition) is 1. The average Bonchev–Trinajstić information content (AvgIpc) is 2.03. The van der Waals surface area contributed by atoms with E-state index < -0.39 is 5.60 Å². The zero-order valence-corrected chi connectivity index (χ0v) is 9.02. The van der Waals surface area contributed by atoms with Gasteiger partial charge in [-0.15, -0.1) is 0 Å². The number of rotatable bonds is 1. The fourth-order valence-corrected chi connectivity index (χ4v) is 2.69. The van der Waals surface area contributed by atoms with Gasteiger partial charge in [-0.05, 0) is 37.0 Å². The molecule has 1 fully saturated rings. The Bertz CT molecular complexity index is 168. The highest BCUT2D eigenvalue weighted by Crippen LogP contribution is 2.52. The van der Waals surface area contributed by atoms with E-state index in [1.165, 1.54) is 6.42 Å². The number of aliphatic hydroxyl groups is 1. The molecule has 0 saturated heterocycles. The van der Waals surface area contributed by atoms with Crippen molar-refractivity contribution in [3.8, 4) is 0 Å². The summed E-state index contributed by atoms with van der Waals surface area (Å²) in [5, 5.41) is 10.1. The molecule has 0 spiro atoms. The van der Waals surface area contributed by atoms with E-state index in [-0.39, 0.29) is 5.41 Å². The molecule has 0 aliphatic heterocycles. The first-order valence-corrected chi connectivity index (χ1v) is 5.01. The first-order valence-electron chi connectivity index (χ1n) is 5.01. The van der Waals surface area contributed by atoms with E-state index in [1.54, 1.807) is 0 Å². The minimum absolute atomic E-state index is 0.0845. The lowest BCUT2D eigenvalue weighted by atomic mass is 9.69. The third-order valence-electron chi connectivity index (χ3n) is 4.06. The maximum atomic E-state index is 10.1. The van der Waals surface area contributed by atoms with E-state index in [0.717, 1.165) is 6.42 Å². The molecule has 1 heteroatoms. The van der Waals surface area contributed by atoms with Crippen molar-refractivity contribution < 1.29 is 5.11 Å². The molecule has 12 heavy (non-hydrogen) atoms. The molecular formula is C11H22O. The molecule has 1 saturated carbocycles. The lowest BCUT2D eigenvalue weighted by Gasteiger charge is -2.39. The summed E-state index contributed by atoms with van der Waals surface area (Å²) in [5.74, 6) is 1.36. The van der Waals surface area contributed by atoms with Crippen molar-refractivity contribution in [2.75, 3.05) is 0 Å². The van der Waals surface area contributed by atoms with Crippen LogP contribution in [0.3, 0.4) is 0 Å². The molecule has 1 nitrogen and oxygen atoms in total. The Morgan fingerprint density at radius 1 is 1.25 bits per heavy atom. The Balaban J connectivity index is 2.85. The van der Waals surface area contributed by atoms with Crippen LogP contribution in [-0.4, -0.2) is 10.7 Å². The second-order valence-electron chi connectivity index (χ2n) is 5.38. The van der Waals surface area contributed by atoms with E-state index in [4.69, 9.17) is 0 Å². The molecule has 0 amide bonds. The molecule has 0 aromatic rings. The zero-order chi connectivity index (χ0) is 9.57. The van der Waals surface area contributed by atoms with Crippen LogP contribution in [0.1, 0.15) is 47.5 Å². The van der Waals surface area contributed by atoms with Crippen molar-refractivity contribution in [1.82, 2.24) is 0 Å². The predicted molar refractivity (Wildman–Crippen MR) is 52.0 cm³/mol. The van der Waals surface area contributed by atoms with Gasteiger partial charge < -0.3 is 5.11 Å². The summed E-state index contributed by atoms with van der Waals surface area (Å²) in [6, 6.07) is 0. The van der Waals surface area contributed by atoms with E-state index >= 15 is 0 Å². The standard InChI is InChI=1S/C11H22O/c1-8(2)9-6-7-11(5,12)10(9,3)4/h8-9,12H,6-7H2,1-5H3/t9?,11-/m0/s1. The fourth-order valence-electron chi connectivity index (χ4n) is 2.69. The second kappa shape index (κ2) is 2.73. The van der Waals surface area contributed by atoms with Gasteiger partial charge in [0.2, 0.25) is 0 Å². The molecule has 1 unspecified atom stereocenters. The Hall–Kier alpha value is -0.0400. The van der Waals surface area contributed by atoms with E-state index in [9.17, 15) is 5.11 Å². The molecule has 0 radical (unpaired) electrons. The third kappa shape index (κ3) is 1.28. The minimum atomic E-state index is -0.456. The largest absolute Gasteiger partial charge is 0.390 e. The Morgan fingerprint density at radius 2 is 1.75 bits per heavy atom. The molecule has 2 atom stereocenters. The van der Waals surface area contributed by atoms with Crippen LogP contribution in [0.2, 0.25) is 0 Å². The van der Waals surface area contributed by atoms with Gasteiger partial charge in [0.15, 0.2) is 0 Å². The summed E-state index contributed by atoms with van der Waals surface area (Å²) < 4.78 is 0. The van der Waals surface area contributed by atoms with Gasteiger partial charge in [-0.1, -0.05) is 27.7 Å². The van der Waals surface area contributed by atoms with Crippen molar-refractivity contribution in [2.45, 2.75) is 53.1 Å². The Kier molecular flexibility index (Phi) is 2.28. The molecule has 0 aromatic heterocycles. The first kappa shape index (κ1) is 10.0. The van der Waals surface area contributed by atoms with Gasteiger partial charge in [-0.25, -0.2) is 0 Å². The summed E-state index contributed by atoms with van der Waals surface area (Å²) in [4.78, 5) is 0. The van der Waals surface area contributed by atoms with Crippen LogP contribution in [-0.2, 0) is 0 Å². The van der Waals surface area contributed by atoms with Crippen LogP contribution < -0.4 is 0 Å². The SMILES string of the molecule is CC(C)C1CC[C@](C)(O)C1(C)C. The lowest BCUT2D eigenvalue weighted by Crippen LogP contribution is -2.41. The van der Waals surface area contributed by atoms with Gasteiger partial charge >= 0.3 is 0 Å². The van der Waals surface area contributed by atoms with Crippen molar-refractivity contribution in [2.24, 2.45) is 17.3 Å². The van der Waals surface area contributed by atoms with Gasteiger partial charge in [0.1, 0.15) is 0 Å². The van der Waals surface area contributed by atoms with Gasteiger partial charge in [-0.2, -0.15) is 0 Å². The second-order valence-corrected chi connectivity index (χ2v) is 5.38. The Morgan fingerprint density at radius 3 is 1.92 bits per heavy atom. The minimum Gasteiger partial charge on any atom is -0.390 e. The highest BCUT2D eigenvalue weighted by atomic mass is 16.3. The molecule has 0 bridgehead atoms. The quantitative estimate of drug-likeness (QED) is 0.641. The monoisotopic (exact) mass is 170 g/mol. The third-order valence-corrected chi connectivity index (χ3v) is 4.06. The topological polar surface area (TPSA) is 20.2 Å². The van der Waals surface area contributed by atoms with Crippen LogP contribution in [0.4, 0.5) is 0 Å². The zero-order valence-electron chi connectivity index (χ0n) is 9.02. The van der Waals surface area contributed by atoms with Gasteiger partial charge in [0.05, 0.1) is 5.60 Å². The van der Waals surface area contributed by atoms with Crippen LogP contribution in [0.15, 0.2) is 0 Å². The summed E-state index contributed by atoms with van der Waals surface area (Å²) in [5.41, 5.74) is -0.372. The van der Waals surface area contributed by atoms with E-state index in [1.807, 2.05) is 6.92 Å². The van der Waals surface area contributed by atoms with Crippen molar-refractivity contribution >= 4 is 0 Å². The van der Waals surface area contributed by atoms with Crippen molar-refractivity contribution in [1.29, 1.82) is 0 Å². The van der Waals surface area contributed by atoms with E-state index in [2.05, 4.69) is 27.7 Å². The molecule has 72 valence electrons. The summed E-state index contributed by atoms with van der Waals surface area (Å²) >= 11 is 0. The molecule has 1 N–H and O–H groups in total. The Labute approximate surface area is 76.2 Å². The van der Waals surface area contributed by atoms with E-state index in [0.29, 0.717) is 11.8 Å². The normalized spacial score (nSPS) is 40.8. The number of hydrogen-bond acceptors (Lipinski definition) is 1. The molecule has 1 aliphatic carbocycles. The maximum Gasteiger partial charge on any atom is 0.0673 e. The summed E-state index contributed by atoms with van der Waals surface area (Å²) in [6.45, 7) is 10.9. The molecule has 1 rings (SSSR count). The van der Waals surface area contributed by atoms with Crippen LogP contribution in [0, 0.1) is 17.3 Å². The highest BCUT2D eigenvalue weighted by Gasteiger charge is 2.51. The van der Waals surface area contributed by atoms with Crippen molar-refractivity contribution in [3.05, 3.63) is 0 Å². The highest BCUT2D eigenvalue weighted by molar-refractivity contribution is 5.01. The first-order chi connectivity index (χ1) is 5.29. The van der Waals surface area contributed by atoms with Gasteiger partial charge in [0.25, 0.3) is 0 Å². The van der Waals surface area contributed by atoms with Crippen LogP contribution in [0.5, 0.6) is 0 Å². The van der Waals surface area contributed by atoms with Gasteiger partial charge in [-0.3, -0.25) is 0 Å². The van der Waals surface area contributed by atoms with Crippen LogP contribution in [0.25, 0.3) is 0 Å². The van der Waals surface area contributed by atoms with Crippen molar-refractivity contribution in [3.63, 3.8) is 0 Å². The fraction of sp³-hybridized carbons (Fsp3) is 1.00. The smallest absolute Gasteiger partial charge is 0.0673 e. The average molecular weight is 170 g/mol. The molecular weight excluding hydrogens is 148 g/mol. The maximum absolute atomic E-state index is 10.1. The molecule has 0 aromatic carbocycles. The van der Waals surface area contributed by atoms with Gasteiger partial charge in [0, 0.05) is 0 Å². The summed E-state index contributed by atoms with van der Waals surface area (Å²) in [6.07, 6.45) is 2.14. The molecule has 1 aliphatic rings.